The Morgan fingerprint density at radius 2 is 2.22 bits per heavy atom. The van der Waals surface area contributed by atoms with Gasteiger partial charge in [-0.05, 0) is 31.5 Å². The number of rotatable bonds is 6. The number of carbonyl (C=O) groups is 1. The molecule has 0 fully saturated rings. The van der Waals surface area contributed by atoms with Gasteiger partial charge in [0.25, 0.3) is 0 Å². The highest BCUT2D eigenvalue weighted by molar-refractivity contribution is 6.33. The van der Waals surface area contributed by atoms with E-state index in [9.17, 15) is 4.79 Å². The lowest BCUT2D eigenvalue weighted by atomic mass is 10.2. The molecule has 2 N–H and O–H groups in total. The third kappa shape index (κ3) is 4.94. The smallest absolute Gasteiger partial charge is 0.239 e. The number of hydrogen-bond donors (Lipinski definition) is 2. The summed E-state index contributed by atoms with van der Waals surface area (Å²) in [6.45, 7) is 4.54. The van der Waals surface area contributed by atoms with E-state index in [2.05, 4.69) is 10.6 Å². The molecule has 0 unspecified atom stereocenters. The third-order valence-corrected chi connectivity index (χ3v) is 2.70. The lowest BCUT2D eigenvalue weighted by Crippen LogP contribution is -2.39. The van der Waals surface area contributed by atoms with Gasteiger partial charge in [-0.15, -0.1) is 0 Å². The number of nitrogens with one attached hydrogen (secondary N) is 2. The van der Waals surface area contributed by atoms with E-state index in [0.29, 0.717) is 11.6 Å². The van der Waals surface area contributed by atoms with E-state index in [1.807, 2.05) is 32.0 Å². The Bertz CT molecular complexity index is 410. The predicted molar refractivity (Wildman–Crippen MR) is 74.2 cm³/mol. The predicted octanol–water partition coefficient (Wildman–Crippen LogP) is 2.21. The first-order valence-electron chi connectivity index (χ1n) is 5.81. The summed E-state index contributed by atoms with van der Waals surface area (Å²) in [5.74, 6) is -0.0869. The van der Waals surface area contributed by atoms with E-state index in [1.165, 1.54) is 0 Å². The van der Waals surface area contributed by atoms with Gasteiger partial charge < -0.3 is 15.4 Å². The maximum absolute atomic E-state index is 11.6. The van der Waals surface area contributed by atoms with Crippen LogP contribution in [0.5, 0.6) is 0 Å². The number of anilines is 1. The fourth-order valence-electron chi connectivity index (χ4n) is 1.56. The molecule has 0 saturated heterocycles. The molecular formula is C13H19ClN2O2. The standard InChI is InChI=1S/C13H19ClN2O2/c1-9-4-5-12(11(14)6-9)15-7-13(17)16-10(2)8-18-3/h4-6,10,15H,7-8H2,1-3H3,(H,16,17)/t10-/m0/s1. The maximum atomic E-state index is 11.6. The molecule has 1 aromatic rings. The van der Waals surface area contributed by atoms with Crippen molar-refractivity contribution in [2.45, 2.75) is 19.9 Å². The van der Waals surface area contributed by atoms with Gasteiger partial charge in [-0.1, -0.05) is 17.7 Å². The van der Waals surface area contributed by atoms with Crippen LogP contribution in [0.15, 0.2) is 18.2 Å². The number of hydrogen-bond acceptors (Lipinski definition) is 3. The van der Waals surface area contributed by atoms with Gasteiger partial charge in [-0.25, -0.2) is 0 Å². The largest absolute Gasteiger partial charge is 0.383 e. The number of carbonyl (C=O) groups excluding carboxylic acids is 1. The van der Waals surface area contributed by atoms with E-state index in [0.717, 1.165) is 11.3 Å². The van der Waals surface area contributed by atoms with Gasteiger partial charge in [0.15, 0.2) is 0 Å². The molecule has 0 aliphatic carbocycles. The van der Waals surface area contributed by atoms with Gasteiger partial charge in [-0.2, -0.15) is 0 Å². The molecule has 0 aromatic heterocycles. The van der Waals surface area contributed by atoms with Crippen LogP contribution in [0.3, 0.4) is 0 Å². The normalized spacial score (nSPS) is 12.0. The van der Waals surface area contributed by atoms with Crippen molar-refractivity contribution in [3.63, 3.8) is 0 Å². The lowest BCUT2D eigenvalue weighted by Gasteiger charge is -2.14. The summed E-state index contributed by atoms with van der Waals surface area (Å²) < 4.78 is 4.94. The minimum absolute atomic E-state index is 0.00205. The average Bonchev–Trinajstić information content (AvgIpc) is 2.28. The zero-order chi connectivity index (χ0) is 13.5. The van der Waals surface area contributed by atoms with Crippen molar-refractivity contribution in [2.24, 2.45) is 0 Å². The molecule has 18 heavy (non-hydrogen) atoms. The van der Waals surface area contributed by atoms with Crippen molar-refractivity contribution in [1.82, 2.24) is 5.32 Å². The lowest BCUT2D eigenvalue weighted by molar-refractivity contribution is -0.120. The van der Waals surface area contributed by atoms with Gasteiger partial charge in [0, 0.05) is 13.2 Å². The molecule has 5 heteroatoms. The zero-order valence-electron chi connectivity index (χ0n) is 10.9. The summed E-state index contributed by atoms with van der Waals surface area (Å²) in [6, 6.07) is 5.66. The molecule has 0 saturated carbocycles. The van der Waals surface area contributed by atoms with E-state index >= 15 is 0 Å². The van der Waals surface area contributed by atoms with Gasteiger partial charge in [0.2, 0.25) is 5.91 Å². The number of amides is 1. The molecule has 1 atom stereocenters. The van der Waals surface area contributed by atoms with Crippen LogP contribution >= 0.6 is 11.6 Å². The molecule has 4 nitrogen and oxygen atoms in total. The monoisotopic (exact) mass is 270 g/mol. The first-order valence-corrected chi connectivity index (χ1v) is 6.19. The van der Waals surface area contributed by atoms with Crippen LogP contribution in [0, 0.1) is 6.92 Å². The van der Waals surface area contributed by atoms with Gasteiger partial charge in [0.05, 0.1) is 23.9 Å². The molecule has 1 aromatic carbocycles. The SMILES string of the molecule is COC[C@H](C)NC(=O)CNc1ccc(C)cc1Cl. The Hall–Kier alpha value is -1.26. The Labute approximate surface area is 113 Å². The van der Waals surface area contributed by atoms with Crippen molar-refractivity contribution in [3.05, 3.63) is 28.8 Å². The van der Waals surface area contributed by atoms with Crippen LogP contribution in [0.2, 0.25) is 5.02 Å². The van der Waals surface area contributed by atoms with Crippen LogP contribution in [0.4, 0.5) is 5.69 Å². The Morgan fingerprint density at radius 3 is 2.83 bits per heavy atom. The highest BCUT2D eigenvalue weighted by atomic mass is 35.5. The van der Waals surface area contributed by atoms with Crippen molar-refractivity contribution < 1.29 is 9.53 Å². The average molecular weight is 271 g/mol. The zero-order valence-corrected chi connectivity index (χ0v) is 11.7. The molecule has 0 spiro atoms. The molecule has 0 aliphatic heterocycles. The Kier molecular flexibility index (Phi) is 5.95. The number of ether oxygens (including phenoxy) is 1. The molecular weight excluding hydrogens is 252 g/mol. The van der Waals surface area contributed by atoms with E-state index < -0.39 is 0 Å². The van der Waals surface area contributed by atoms with Gasteiger partial charge in [-0.3, -0.25) is 4.79 Å². The topological polar surface area (TPSA) is 50.4 Å². The van der Waals surface area contributed by atoms with Crippen LogP contribution < -0.4 is 10.6 Å². The summed E-state index contributed by atoms with van der Waals surface area (Å²) in [5, 5.41) is 6.43. The second-order valence-electron chi connectivity index (χ2n) is 4.26. The summed E-state index contributed by atoms with van der Waals surface area (Å²) in [6.07, 6.45) is 0. The van der Waals surface area contributed by atoms with E-state index in [4.69, 9.17) is 16.3 Å². The Balaban J connectivity index is 2.42. The molecule has 1 rings (SSSR count). The second-order valence-corrected chi connectivity index (χ2v) is 4.67. The quantitative estimate of drug-likeness (QED) is 0.833. The molecule has 0 radical (unpaired) electrons. The van der Waals surface area contributed by atoms with Crippen LogP contribution in [0.1, 0.15) is 12.5 Å². The maximum Gasteiger partial charge on any atom is 0.239 e. The fraction of sp³-hybridized carbons (Fsp3) is 0.462. The first kappa shape index (κ1) is 14.8. The molecule has 0 heterocycles. The Morgan fingerprint density at radius 1 is 1.50 bits per heavy atom. The first-order chi connectivity index (χ1) is 8.52. The molecule has 1 amide bonds. The number of aryl methyl sites for hydroxylation is 1. The highest BCUT2D eigenvalue weighted by Crippen LogP contribution is 2.22. The molecule has 100 valence electrons. The van der Waals surface area contributed by atoms with Crippen LogP contribution in [0.25, 0.3) is 0 Å². The van der Waals surface area contributed by atoms with Gasteiger partial charge in [0.1, 0.15) is 0 Å². The molecule has 0 bridgehead atoms. The summed E-state index contributed by atoms with van der Waals surface area (Å²) in [5.41, 5.74) is 1.85. The second kappa shape index (κ2) is 7.24. The van der Waals surface area contributed by atoms with Crippen LogP contribution in [-0.4, -0.2) is 32.2 Å². The van der Waals surface area contributed by atoms with Crippen molar-refractivity contribution in [1.29, 1.82) is 0 Å². The summed E-state index contributed by atoms with van der Waals surface area (Å²) in [7, 11) is 1.60. The minimum Gasteiger partial charge on any atom is -0.383 e. The molecule has 0 aliphatic rings. The fourth-order valence-corrected chi connectivity index (χ4v) is 1.86. The van der Waals surface area contributed by atoms with Crippen molar-refractivity contribution >= 4 is 23.2 Å². The highest BCUT2D eigenvalue weighted by Gasteiger charge is 2.07. The number of methoxy groups -OCH3 is 1. The van der Waals surface area contributed by atoms with Crippen molar-refractivity contribution in [2.75, 3.05) is 25.6 Å². The number of benzene rings is 1. The minimum atomic E-state index is -0.0869. The van der Waals surface area contributed by atoms with Crippen molar-refractivity contribution in [3.8, 4) is 0 Å². The van der Waals surface area contributed by atoms with Crippen LogP contribution in [-0.2, 0) is 9.53 Å². The van der Waals surface area contributed by atoms with E-state index in [1.54, 1.807) is 7.11 Å². The summed E-state index contributed by atoms with van der Waals surface area (Å²) >= 11 is 6.05. The van der Waals surface area contributed by atoms with E-state index in [-0.39, 0.29) is 18.5 Å². The van der Waals surface area contributed by atoms with Gasteiger partial charge >= 0.3 is 0 Å². The third-order valence-electron chi connectivity index (χ3n) is 2.39. The number of halogens is 1. The summed E-state index contributed by atoms with van der Waals surface area (Å²) in [4.78, 5) is 11.6.